The maximum absolute atomic E-state index is 5.89. The van der Waals surface area contributed by atoms with Crippen LogP contribution in [0.25, 0.3) is 11.0 Å². The number of guanidine groups is 1. The minimum absolute atomic E-state index is 0. The maximum atomic E-state index is 5.89. The van der Waals surface area contributed by atoms with Crippen molar-refractivity contribution in [2.45, 2.75) is 20.4 Å². The number of halogens is 1. The summed E-state index contributed by atoms with van der Waals surface area (Å²) in [6.45, 7) is 6.47. The molecule has 0 fully saturated rings. The molecule has 0 saturated carbocycles. The molecule has 2 rings (SSSR count). The predicted molar refractivity (Wildman–Crippen MR) is 108 cm³/mol. The monoisotopic (exact) mass is 433 g/mol. The molecular formula is C16H24IN3OS. The molecule has 2 aromatic rings. The van der Waals surface area contributed by atoms with Crippen molar-refractivity contribution in [1.29, 1.82) is 0 Å². The van der Waals surface area contributed by atoms with Gasteiger partial charge in [0, 0.05) is 29.8 Å². The van der Waals surface area contributed by atoms with Gasteiger partial charge >= 0.3 is 0 Å². The van der Waals surface area contributed by atoms with Crippen molar-refractivity contribution in [3.8, 4) is 0 Å². The highest BCUT2D eigenvalue weighted by atomic mass is 127. The van der Waals surface area contributed by atoms with Crippen LogP contribution in [0.5, 0.6) is 0 Å². The second-order valence-electron chi connectivity index (χ2n) is 4.76. The largest absolute Gasteiger partial charge is 0.459 e. The van der Waals surface area contributed by atoms with Crippen LogP contribution in [0, 0.1) is 6.92 Å². The Kier molecular flexibility index (Phi) is 8.70. The SMILES string of the molecule is CCNC(=NCc1oc2ccccc2c1C)NCCSC.I. The molecule has 0 aliphatic carbocycles. The lowest BCUT2D eigenvalue weighted by molar-refractivity contribution is 0.548. The lowest BCUT2D eigenvalue weighted by atomic mass is 10.1. The third-order valence-electron chi connectivity index (χ3n) is 3.27. The van der Waals surface area contributed by atoms with E-state index in [0.29, 0.717) is 6.54 Å². The number of furan rings is 1. The second-order valence-corrected chi connectivity index (χ2v) is 5.75. The normalized spacial score (nSPS) is 11.3. The van der Waals surface area contributed by atoms with Crippen LogP contribution in [0.1, 0.15) is 18.2 Å². The van der Waals surface area contributed by atoms with Gasteiger partial charge < -0.3 is 15.1 Å². The molecule has 1 aromatic carbocycles. The first-order chi connectivity index (χ1) is 10.3. The Hall–Kier alpha value is -0.890. The molecular weight excluding hydrogens is 409 g/mol. The smallest absolute Gasteiger partial charge is 0.191 e. The summed E-state index contributed by atoms with van der Waals surface area (Å²) in [6.07, 6.45) is 2.10. The van der Waals surface area contributed by atoms with Crippen LogP contribution in [0.15, 0.2) is 33.7 Å². The molecule has 0 unspecified atom stereocenters. The Morgan fingerprint density at radius 2 is 2.05 bits per heavy atom. The number of para-hydroxylation sites is 1. The number of nitrogens with one attached hydrogen (secondary N) is 2. The van der Waals surface area contributed by atoms with Crippen LogP contribution in [0.4, 0.5) is 0 Å². The summed E-state index contributed by atoms with van der Waals surface area (Å²) in [4.78, 5) is 4.60. The molecule has 0 atom stereocenters. The molecule has 4 nitrogen and oxygen atoms in total. The van der Waals surface area contributed by atoms with Crippen LogP contribution >= 0.6 is 35.7 Å². The predicted octanol–water partition coefficient (Wildman–Crippen LogP) is 3.78. The van der Waals surface area contributed by atoms with Gasteiger partial charge in [-0.25, -0.2) is 4.99 Å². The van der Waals surface area contributed by atoms with E-state index in [2.05, 4.69) is 41.8 Å². The molecule has 22 heavy (non-hydrogen) atoms. The van der Waals surface area contributed by atoms with E-state index in [0.717, 1.165) is 36.1 Å². The van der Waals surface area contributed by atoms with E-state index >= 15 is 0 Å². The Balaban J connectivity index is 0.00000242. The van der Waals surface area contributed by atoms with Gasteiger partial charge in [0.05, 0.1) is 0 Å². The minimum Gasteiger partial charge on any atom is -0.459 e. The van der Waals surface area contributed by atoms with Crippen LogP contribution in [-0.4, -0.2) is 31.1 Å². The maximum Gasteiger partial charge on any atom is 0.191 e. The summed E-state index contributed by atoms with van der Waals surface area (Å²) in [5.74, 6) is 2.83. The number of aliphatic imine (C=N–C) groups is 1. The second kappa shape index (κ2) is 9.99. The van der Waals surface area contributed by atoms with Gasteiger partial charge in [0.15, 0.2) is 5.96 Å². The fourth-order valence-corrected chi connectivity index (χ4v) is 2.45. The number of thioether (sulfide) groups is 1. The molecule has 0 spiro atoms. The van der Waals surface area contributed by atoms with E-state index in [1.54, 1.807) is 0 Å². The van der Waals surface area contributed by atoms with Gasteiger partial charge in [-0.2, -0.15) is 11.8 Å². The summed E-state index contributed by atoms with van der Waals surface area (Å²) >= 11 is 1.82. The molecule has 0 aliphatic heterocycles. The standard InChI is InChI=1S/C16H23N3OS.HI/c1-4-17-16(18-9-10-21-3)19-11-15-12(2)13-7-5-6-8-14(13)20-15;/h5-8H,4,9-11H2,1-3H3,(H2,17,18,19);1H. The number of hydrogen-bond donors (Lipinski definition) is 2. The Bertz CT molecular complexity index is 612. The van der Waals surface area contributed by atoms with Gasteiger partial charge in [0.1, 0.15) is 17.9 Å². The molecule has 0 saturated heterocycles. The van der Waals surface area contributed by atoms with Gasteiger partial charge in [-0.15, -0.1) is 24.0 Å². The lowest BCUT2D eigenvalue weighted by Crippen LogP contribution is -2.38. The van der Waals surface area contributed by atoms with Crippen molar-refractivity contribution in [2.75, 3.05) is 25.1 Å². The van der Waals surface area contributed by atoms with Gasteiger partial charge in [-0.1, -0.05) is 18.2 Å². The number of fused-ring (bicyclic) bond motifs is 1. The van der Waals surface area contributed by atoms with Gasteiger partial charge in [-0.3, -0.25) is 0 Å². The van der Waals surface area contributed by atoms with Crippen molar-refractivity contribution in [1.82, 2.24) is 10.6 Å². The Morgan fingerprint density at radius 3 is 2.73 bits per heavy atom. The topological polar surface area (TPSA) is 49.6 Å². The fourth-order valence-electron chi connectivity index (χ4n) is 2.14. The van der Waals surface area contributed by atoms with Gasteiger partial charge in [-0.05, 0) is 26.2 Å². The van der Waals surface area contributed by atoms with E-state index in [1.807, 2.05) is 30.0 Å². The summed E-state index contributed by atoms with van der Waals surface area (Å²) in [7, 11) is 0. The zero-order valence-electron chi connectivity index (χ0n) is 13.3. The highest BCUT2D eigenvalue weighted by Gasteiger charge is 2.09. The Labute approximate surface area is 153 Å². The van der Waals surface area contributed by atoms with Crippen molar-refractivity contribution in [2.24, 2.45) is 4.99 Å². The summed E-state index contributed by atoms with van der Waals surface area (Å²) < 4.78 is 5.89. The van der Waals surface area contributed by atoms with Crippen molar-refractivity contribution >= 4 is 52.7 Å². The van der Waals surface area contributed by atoms with Crippen LogP contribution in [-0.2, 0) is 6.54 Å². The molecule has 1 heterocycles. The van der Waals surface area contributed by atoms with Crippen molar-refractivity contribution < 1.29 is 4.42 Å². The van der Waals surface area contributed by atoms with E-state index < -0.39 is 0 Å². The van der Waals surface area contributed by atoms with E-state index in [4.69, 9.17) is 4.42 Å². The summed E-state index contributed by atoms with van der Waals surface area (Å²) in [6, 6.07) is 8.11. The fraction of sp³-hybridized carbons (Fsp3) is 0.438. The molecule has 2 N–H and O–H groups in total. The highest BCUT2D eigenvalue weighted by Crippen LogP contribution is 2.25. The zero-order valence-corrected chi connectivity index (χ0v) is 16.5. The van der Waals surface area contributed by atoms with E-state index in [9.17, 15) is 0 Å². The van der Waals surface area contributed by atoms with Crippen molar-refractivity contribution in [3.63, 3.8) is 0 Å². The van der Waals surface area contributed by atoms with E-state index in [-0.39, 0.29) is 24.0 Å². The molecule has 122 valence electrons. The number of benzene rings is 1. The molecule has 0 amide bonds. The Morgan fingerprint density at radius 1 is 1.27 bits per heavy atom. The quantitative estimate of drug-likeness (QED) is 0.315. The zero-order chi connectivity index (χ0) is 15.1. The molecule has 1 aromatic heterocycles. The van der Waals surface area contributed by atoms with Crippen molar-refractivity contribution in [3.05, 3.63) is 35.6 Å². The number of aryl methyl sites for hydroxylation is 1. The average molecular weight is 433 g/mol. The first-order valence-corrected chi connectivity index (χ1v) is 8.63. The minimum atomic E-state index is 0. The number of rotatable bonds is 6. The van der Waals surface area contributed by atoms with Crippen LogP contribution in [0.2, 0.25) is 0 Å². The van der Waals surface area contributed by atoms with Gasteiger partial charge in [0.2, 0.25) is 0 Å². The molecule has 0 aliphatic rings. The van der Waals surface area contributed by atoms with E-state index in [1.165, 1.54) is 10.9 Å². The lowest BCUT2D eigenvalue weighted by Gasteiger charge is -2.10. The summed E-state index contributed by atoms with van der Waals surface area (Å²) in [5, 5.41) is 7.74. The van der Waals surface area contributed by atoms with Crippen LogP contribution in [0.3, 0.4) is 0 Å². The highest BCUT2D eigenvalue weighted by molar-refractivity contribution is 14.0. The van der Waals surface area contributed by atoms with Crippen LogP contribution < -0.4 is 10.6 Å². The average Bonchev–Trinajstić information content (AvgIpc) is 2.82. The molecule has 0 bridgehead atoms. The first kappa shape index (κ1) is 19.2. The third kappa shape index (κ3) is 5.08. The first-order valence-electron chi connectivity index (χ1n) is 7.24. The third-order valence-corrected chi connectivity index (χ3v) is 3.88. The molecule has 6 heteroatoms. The number of nitrogens with zero attached hydrogens (tertiary/aromatic N) is 1. The molecule has 0 radical (unpaired) electrons. The summed E-state index contributed by atoms with van der Waals surface area (Å²) in [5.41, 5.74) is 2.11. The number of hydrogen-bond acceptors (Lipinski definition) is 3. The van der Waals surface area contributed by atoms with Gasteiger partial charge in [0.25, 0.3) is 0 Å².